The fourth-order valence-corrected chi connectivity index (χ4v) is 6.08. The second kappa shape index (κ2) is 12.4. The Kier molecular flexibility index (Phi) is 9.26. The lowest BCUT2D eigenvalue weighted by Crippen LogP contribution is -2.55. The highest BCUT2D eigenvalue weighted by atomic mass is 19.1. The number of nitrogens with zero attached hydrogens (tertiary/aromatic N) is 1. The summed E-state index contributed by atoms with van der Waals surface area (Å²) >= 11 is 0. The zero-order valence-corrected chi connectivity index (χ0v) is 24.2. The number of benzene rings is 2. The number of hydrogen-bond donors (Lipinski definition) is 4. The highest BCUT2D eigenvalue weighted by molar-refractivity contribution is 5.88. The lowest BCUT2D eigenvalue weighted by molar-refractivity contribution is -0.321. The number of hydrogen-bond acceptors (Lipinski definition) is 8. The Morgan fingerprint density at radius 3 is 2.33 bits per heavy atom. The number of fused-ring (bicyclic) bond motifs is 3. The van der Waals surface area contributed by atoms with Crippen LogP contribution < -0.4 is 0 Å². The summed E-state index contributed by atoms with van der Waals surface area (Å²) in [6.07, 6.45) is -2.25. The third kappa shape index (κ3) is 6.42. The average molecular weight is 602 g/mol. The van der Waals surface area contributed by atoms with Crippen LogP contribution in [0.3, 0.4) is 0 Å². The van der Waals surface area contributed by atoms with Crippen LogP contribution in [-0.4, -0.2) is 76.1 Å². The highest BCUT2D eigenvalue weighted by Crippen LogP contribution is 2.50. The molecule has 2 aromatic carbocycles. The summed E-state index contributed by atoms with van der Waals surface area (Å²) in [7, 11) is 3.51. The van der Waals surface area contributed by atoms with E-state index in [1.54, 1.807) is 56.3 Å². The maximum Gasteiger partial charge on any atom is 0.337 e. The van der Waals surface area contributed by atoms with Crippen LogP contribution >= 0.6 is 0 Å². The van der Waals surface area contributed by atoms with Crippen molar-refractivity contribution in [2.45, 2.75) is 56.0 Å². The molecule has 3 atom stereocenters. The van der Waals surface area contributed by atoms with Gasteiger partial charge in [-0.2, -0.15) is 0 Å². The van der Waals surface area contributed by atoms with Crippen LogP contribution in [0.15, 0.2) is 52.9 Å². The SMILES string of the molecule is CCC(O)(c1cccc(F)c1)C(CN(C)C)CC1(OC(CC(=O)O)(CC(=O)O)C(=O)O)OCCc2c1oc1ccccc21. The number of rotatable bonds is 14. The van der Waals surface area contributed by atoms with Crippen molar-refractivity contribution in [3.63, 3.8) is 0 Å². The quantitative estimate of drug-likeness (QED) is 0.211. The van der Waals surface area contributed by atoms with Gasteiger partial charge >= 0.3 is 17.9 Å². The monoisotopic (exact) mass is 601 g/mol. The molecule has 1 aliphatic heterocycles. The molecule has 11 nitrogen and oxygen atoms in total. The first kappa shape index (κ1) is 32.1. The van der Waals surface area contributed by atoms with Crippen LogP contribution in [0.25, 0.3) is 11.0 Å². The maximum atomic E-state index is 14.4. The van der Waals surface area contributed by atoms with Crippen molar-refractivity contribution in [3.8, 4) is 0 Å². The van der Waals surface area contributed by atoms with Gasteiger partial charge in [0.05, 0.1) is 25.0 Å². The third-order valence-corrected chi connectivity index (χ3v) is 7.99. The molecule has 0 aliphatic carbocycles. The number of carboxylic acid groups (broad SMARTS) is 3. The van der Waals surface area contributed by atoms with Crippen molar-refractivity contribution in [1.82, 2.24) is 4.90 Å². The average Bonchev–Trinajstić information content (AvgIpc) is 3.31. The number of furan rings is 1. The van der Waals surface area contributed by atoms with Gasteiger partial charge in [-0.3, -0.25) is 9.59 Å². The molecule has 12 heteroatoms. The van der Waals surface area contributed by atoms with Gasteiger partial charge in [-0.05, 0) is 44.3 Å². The summed E-state index contributed by atoms with van der Waals surface area (Å²) < 4.78 is 33.1. The molecule has 0 saturated carbocycles. The van der Waals surface area contributed by atoms with Crippen LogP contribution in [0, 0.1) is 11.7 Å². The van der Waals surface area contributed by atoms with Crippen LogP contribution in [0.5, 0.6) is 0 Å². The highest BCUT2D eigenvalue weighted by Gasteiger charge is 2.57. The minimum absolute atomic E-state index is 0.00836. The standard InChI is InChI=1S/C31H36FNO10/c1-4-30(40,19-8-7-9-21(32)14-19)20(18-33(2)3)15-31(43-29(28(38)39,16-25(34)35)17-26(36)37)27-23(12-13-41-31)22-10-5-6-11-24(22)42-27/h5-11,14,20,40H,4,12-13,15-18H2,1-3H3,(H,34,35)(H,36,37)(H,38,39). The van der Waals surface area contributed by atoms with E-state index in [1.165, 1.54) is 18.2 Å². The van der Waals surface area contributed by atoms with Gasteiger partial charge < -0.3 is 39.2 Å². The summed E-state index contributed by atoms with van der Waals surface area (Å²) in [4.78, 5) is 38.4. The van der Waals surface area contributed by atoms with E-state index in [0.29, 0.717) is 23.0 Å². The Bertz CT molecular complexity index is 1490. The molecule has 1 aromatic heterocycles. The van der Waals surface area contributed by atoms with Crippen LogP contribution in [0.1, 0.15) is 49.5 Å². The first-order valence-corrected chi connectivity index (χ1v) is 13.9. The first-order valence-electron chi connectivity index (χ1n) is 13.9. The Balaban J connectivity index is 1.98. The minimum atomic E-state index is -2.78. The minimum Gasteiger partial charge on any atom is -0.481 e. The number of halogens is 1. The van der Waals surface area contributed by atoms with Gasteiger partial charge in [-0.15, -0.1) is 0 Å². The van der Waals surface area contributed by atoms with Crippen molar-refractivity contribution < 1.29 is 53.1 Å². The summed E-state index contributed by atoms with van der Waals surface area (Å²) in [5.41, 5.74) is -3.17. The number of para-hydroxylation sites is 1. The molecule has 0 radical (unpaired) electrons. The molecular formula is C31H36FNO10. The van der Waals surface area contributed by atoms with Gasteiger partial charge in [0.25, 0.3) is 0 Å². The number of carbonyl (C=O) groups is 3. The topological polar surface area (TPSA) is 167 Å². The smallest absolute Gasteiger partial charge is 0.337 e. The van der Waals surface area contributed by atoms with E-state index in [-0.39, 0.29) is 37.3 Å². The lowest BCUT2D eigenvalue weighted by atomic mass is 9.74. The molecule has 3 aromatic rings. The first-order chi connectivity index (χ1) is 20.2. The van der Waals surface area contributed by atoms with E-state index in [4.69, 9.17) is 13.9 Å². The summed E-state index contributed by atoms with van der Waals surface area (Å²) in [6.45, 7) is 1.88. The molecule has 0 spiro atoms. The zero-order chi connectivity index (χ0) is 31.6. The molecule has 0 saturated heterocycles. The largest absolute Gasteiger partial charge is 0.481 e. The van der Waals surface area contributed by atoms with Crippen molar-refractivity contribution in [3.05, 3.63) is 71.2 Å². The molecule has 0 fully saturated rings. The Morgan fingerprint density at radius 2 is 1.74 bits per heavy atom. The van der Waals surface area contributed by atoms with Crippen LogP contribution in [0.2, 0.25) is 0 Å². The molecule has 0 amide bonds. The van der Waals surface area contributed by atoms with E-state index in [9.17, 15) is 39.2 Å². The second-order valence-electron chi connectivity index (χ2n) is 11.3. The summed E-state index contributed by atoms with van der Waals surface area (Å²) in [5.74, 6) is -8.53. The van der Waals surface area contributed by atoms with Gasteiger partial charge in [0.1, 0.15) is 11.4 Å². The van der Waals surface area contributed by atoms with E-state index < -0.39 is 59.5 Å². The molecule has 0 bridgehead atoms. The predicted octanol–water partition coefficient (Wildman–Crippen LogP) is 3.95. The Hall–Kier alpha value is -3.84. The zero-order valence-electron chi connectivity index (χ0n) is 24.2. The number of ether oxygens (including phenoxy) is 2. The van der Waals surface area contributed by atoms with Crippen molar-refractivity contribution in [1.29, 1.82) is 0 Å². The molecule has 2 heterocycles. The second-order valence-corrected chi connectivity index (χ2v) is 11.3. The van der Waals surface area contributed by atoms with Gasteiger partial charge in [-0.25, -0.2) is 9.18 Å². The molecule has 43 heavy (non-hydrogen) atoms. The van der Waals surface area contributed by atoms with Crippen LogP contribution in [-0.2, 0) is 41.7 Å². The number of carboxylic acids is 3. The fourth-order valence-electron chi connectivity index (χ4n) is 6.08. The molecule has 4 rings (SSSR count). The molecule has 3 unspecified atom stereocenters. The van der Waals surface area contributed by atoms with Gasteiger partial charge in [-0.1, -0.05) is 37.3 Å². The normalized spacial score (nSPS) is 19.1. The summed E-state index contributed by atoms with van der Waals surface area (Å²) in [5, 5.41) is 42.6. The Labute approximate surface area is 247 Å². The van der Waals surface area contributed by atoms with Crippen molar-refractivity contribution >= 4 is 28.9 Å². The summed E-state index contributed by atoms with van der Waals surface area (Å²) in [6, 6.07) is 12.5. The van der Waals surface area contributed by atoms with Gasteiger partial charge in [0.2, 0.25) is 5.79 Å². The fraction of sp³-hybridized carbons (Fsp3) is 0.452. The van der Waals surface area contributed by atoms with E-state index >= 15 is 0 Å². The molecular weight excluding hydrogens is 565 g/mol. The van der Waals surface area contributed by atoms with E-state index in [0.717, 1.165) is 0 Å². The molecule has 1 aliphatic rings. The van der Waals surface area contributed by atoms with Crippen molar-refractivity contribution in [2.24, 2.45) is 5.92 Å². The third-order valence-electron chi connectivity index (χ3n) is 7.99. The molecule has 232 valence electrons. The number of aliphatic carboxylic acids is 3. The number of aliphatic hydroxyl groups is 1. The van der Waals surface area contributed by atoms with E-state index in [1.807, 2.05) is 0 Å². The molecule has 4 N–H and O–H groups in total. The van der Waals surface area contributed by atoms with Gasteiger partial charge in [0, 0.05) is 36.3 Å². The predicted molar refractivity (Wildman–Crippen MR) is 151 cm³/mol. The van der Waals surface area contributed by atoms with Crippen LogP contribution in [0.4, 0.5) is 4.39 Å². The lowest BCUT2D eigenvalue weighted by Gasteiger charge is -2.46. The maximum absolute atomic E-state index is 14.4. The van der Waals surface area contributed by atoms with E-state index in [2.05, 4.69) is 0 Å². The Morgan fingerprint density at radius 1 is 1.07 bits per heavy atom. The van der Waals surface area contributed by atoms with Gasteiger partial charge in [0.15, 0.2) is 11.4 Å². The van der Waals surface area contributed by atoms with Crippen molar-refractivity contribution in [2.75, 3.05) is 27.2 Å².